The maximum absolute atomic E-state index is 5.60. The molecule has 25 heavy (non-hydrogen) atoms. The van der Waals surface area contributed by atoms with Crippen LogP contribution in [0, 0.1) is 0 Å². The lowest BCUT2D eigenvalue weighted by Gasteiger charge is -2.47. The zero-order chi connectivity index (χ0) is 17.4. The van der Waals surface area contributed by atoms with Crippen LogP contribution >= 0.6 is 0 Å². The Balaban J connectivity index is 1.63. The van der Waals surface area contributed by atoms with Crippen molar-refractivity contribution >= 4 is 0 Å². The number of methoxy groups -OCH3 is 2. The summed E-state index contributed by atoms with van der Waals surface area (Å²) in [7, 11) is 5.77. The highest BCUT2D eigenvalue weighted by molar-refractivity contribution is 5.46. The van der Waals surface area contributed by atoms with Crippen molar-refractivity contribution in [1.82, 2.24) is 9.80 Å². The van der Waals surface area contributed by atoms with Crippen LogP contribution in [-0.4, -0.2) is 62.8 Å². The SMILES string of the molecule is COc1ccc(C23CCC(N4CCCC4)CC2N(C)CC3)cc1OC. The Kier molecular flexibility index (Phi) is 4.67. The van der Waals surface area contributed by atoms with Gasteiger partial charge in [-0.25, -0.2) is 0 Å². The van der Waals surface area contributed by atoms with Gasteiger partial charge in [-0.2, -0.15) is 0 Å². The standard InChI is InChI=1S/C21H32N2O2/c1-22-13-10-21(16-6-7-18(24-2)19(14-16)25-3)9-8-17(15-20(21)22)23-11-4-5-12-23/h6-7,14,17,20H,4-5,8-13,15H2,1-3H3. The van der Waals surface area contributed by atoms with E-state index in [0.29, 0.717) is 6.04 Å². The summed E-state index contributed by atoms with van der Waals surface area (Å²) < 4.78 is 11.0. The van der Waals surface area contributed by atoms with E-state index in [1.807, 2.05) is 0 Å². The molecule has 138 valence electrons. The van der Waals surface area contributed by atoms with Crippen LogP contribution in [0.5, 0.6) is 11.5 Å². The predicted octanol–water partition coefficient (Wildman–Crippen LogP) is 3.29. The van der Waals surface area contributed by atoms with Gasteiger partial charge in [0.2, 0.25) is 0 Å². The smallest absolute Gasteiger partial charge is 0.161 e. The lowest BCUT2D eigenvalue weighted by molar-refractivity contribution is 0.0961. The van der Waals surface area contributed by atoms with Crippen molar-refractivity contribution in [2.24, 2.45) is 0 Å². The second-order valence-electron chi connectivity index (χ2n) is 8.14. The third-order valence-electron chi connectivity index (χ3n) is 7.12. The molecule has 1 saturated carbocycles. The number of fused-ring (bicyclic) bond motifs is 1. The molecule has 4 rings (SSSR count). The zero-order valence-electron chi connectivity index (χ0n) is 16.0. The van der Waals surface area contributed by atoms with Crippen molar-refractivity contribution in [3.8, 4) is 11.5 Å². The minimum Gasteiger partial charge on any atom is -0.493 e. The van der Waals surface area contributed by atoms with E-state index in [0.717, 1.165) is 17.5 Å². The first-order valence-corrected chi connectivity index (χ1v) is 9.85. The van der Waals surface area contributed by atoms with Crippen molar-refractivity contribution < 1.29 is 9.47 Å². The molecule has 2 heterocycles. The fourth-order valence-electron chi connectivity index (χ4n) is 5.68. The molecule has 3 aliphatic rings. The zero-order valence-corrected chi connectivity index (χ0v) is 16.0. The van der Waals surface area contributed by atoms with E-state index in [4.69, 9.17) is 9.47 Å². The van der Waals surface area contributed by atoms with E-state index in [9.17, 15) is 0 Å². The molecule has 2 saturated heterocycles. The van der Waals surface area contributed by atoms with Crippen molar-refractivity contribution in [3.63, 3.8) is 0 Å². The molecule has 4 heteroatoms. The number of hydrogen-bond donors (Lipinski definition) is 0. The van der Waals surface area contributed by atoms with Crippen LogP contribution < -0.4 is 9.47 Å². The van der Waals surface area contributed by atoms with E-state index in [-0.39, 0.29) is 5.41 Å². The molecular formula is C21H32N2O2. The lowest BCUT2D eigenvalue weighted by Crippen LogP contribution is -2.51. The van der Waals surface area contributed by atoms with Gasteiger partial charge in [0, 0.05) is 17.5 Å². The van der Waals surface area contributed by atoms with Gasteiger partial charge in [0.05, 0.1) is 14.2 Å². The summed E-state index contributed by atoms with van der Waals surface area (Å²) in [6.07, 6.45) is 7.97. The number of ether oxygens (including phenoxy) is 2. The minimum absolute atomic E-state index is 0.282. The summed E-state index contributed by atoms with van der Waals surface area (Å²) in [5, 5.41) is 0. The van der Waals surface area contributed by atoms with Gasteiger partial charge in [0.25, 0.3) is 0 Å². The molecule has 1 aromatic rings. The molecule has 3 atom stereocenters. The normalized spacial score (nSPS) is 33.4. The largest absolute Gasteiger partial charge is 0.493 e. The van der Waals surface area contributed by atoms with Crippen LogP contribution in [0.3, 0.4) is 0 Å². The molecule has 4 nitrogen and oxygen atoms in total. The van der Waals surface area contributed by atoms with Gasteiger partial charge in [-0.05, 0) is 82.9 Å². The molecule has 0 spiro atoms. The van der Waals surface area contributed by atoms with Gasteiger partial charge in [-0.1, -0.05) is 6.07 Å². The topological polar surface area (TPSA) is 24.9 Å². The Morgan fingerprint density at radius 1 is 1.00 bits per heavy atom. The van der Waals surface area contributed by atoms with Crippen LogP contribution in [0.25, 0.3) is 0 Å². The first kappa shape index (κ1) is 17.2. The molecule has 2 aliphatic heterocycles. The van der Waals surface area contributed by atoms with Crippen LogP contribution in [0.15, 0.2) is 18.2 Å². The highest BCUT2D eigenvalue weighted by Crippen LogP contribution is 2.50. The van der Waals surface area contributed by atoms with E-state index < -0.39 is 0 Å². The number of rotatable bonds is 4. The maximum atomic E-state index is 5.60. The van der Waals surface area contributed by atoms with E-state index in [2.05, 4.69) is 35.0 Å². The summed E-state index contributed by atoms with van der Waals surface area (Å²) in [6, 6.07) is 8.03. The Morgan fingerprint density at radius 3 is 2.48 bits per heavy atom. The first-order valence-electron chi connectivity index (χ1n) is 9.85. The van der Waals surface area contributed by atoms with Crippen molar-refractivity contribution in [3.05, 3.63) is 23.8 Å². The summed E-state index contributed by atoms with van der Waals surface area (Å²) in [5.74, 6) is 1.70. The van der Waals surface area contributed by atoms with Crippen LogP contribution in [0.1, 0.15) is 44.1 Å². The first-order chi connectivity index (χ1) is 12.2. The third kappa shape index (κ3) is 2.83. The van der Waals surface area contributed by atoms with Gasteiger partial charge >= 0.3 is 0 Å². The van der Waals surface area contributed by atoms with Crippen molar-refractivity contribution in [2.45, 2.75) is 56.0 Å². The van der Waals surface area contributed by atoms with Gasteiger partial charge in [-0.15, -0.1) is 0 Å². The third-order valence-corrected chi connectivity index (χ3v) is 7.12. The Bertz CT molecular complexity index is 614. The minimum atomic E-state index is 0.282. The van der Waals surface area contributed by atoms with Gasteiger partial charge in [-0.3, -0.25) is 0 Å². The molecule has 0 aromatic heterocycles. The van der Waals surface area contributed by atoms with Gasteiger partial charge < -0.3 is 19.3 Å². The lowest BCUT2D eigenvalue weighted by atomic mass is 9.65. The molecule has 3 unspecified atom stereocenters. The number of hydrogen-bond acceptors (Lipinski definition) is 4. The summed E-state index contributed by atoms with van der Waals surface area (Å²) >= 11 is 0. The average Bonchev–Trinajstić information content (AvgIpc) is 3.30. The Labute approximate surface area is 152 Å². The summed E-state index contributed by atoms with van der Waals surface area (Å²) in [5.41, 5.74) is 1.73. The molecule has 0 radical (unpaired) electrons. The maximum Gasteiger partial charge on any atom is 0.161 e. The van der Waals surface area contributed by atoms with E-state index >= 15 is 0 Å². The fraction of sp³-hybridized carbons (Fsp3) is 0.714. The van der Waals surface area contributed by atoms with E-state index in [1.54, 1.807) is 14.2 Å². The Hall–Kier alpha value is -1.26. The summed E-state index contributed by atoms with van der Waals surface area (Å²) in [4.78, 5) is 5.36. The average molecular weight is 344 g/mol. The predicted molar refractivity (Wildman–Crippen MR) is 101 cm³/mol. The number of likely N-dealkylation sites (tertiary alicyclic amines) is 2. The van der Waals surface area contributed by atoms with Gasteiger partial charge in [0.15, 0.2) is 11.5 Å². The molecule has 1 aliphatic carbocycles. The molecule has 3 fully saturated rings. The highest BCUT2D eigenvalue weighted by Gasteiger charge is 2.51. The monoisotopic (exact) mass is 344 g/mol. The van der Waals surface area contributed by atoms with Crippen molar-refractivity contribution in [1.29, 1.82) is 0 Å². The van der Waals surface area contributed by atoms with Crippen LogP contribution in [-0.2, 0) is 5.41 Å². The number of likely N-dealkylation sites (N-methyl/N-ethyl adjacent to an activating group) is 1. The quantitative estimate of drug-likeness (QED) is 0.837. The highest BCUT2D eigenvalue weighted by atomic mass is 16.5. The van der Waals surface area contributed by atoms with Gasteiger partial charge in [0.1, 0.15) is 0 Å². The van der Waals surface area contributed by atoms with Crippen LogP contribution in [0.2, 0.25) is 0 Å². The fourth-order valence-corrected chi connectivity index (χ4v) is 5.68. The van der Waals surface area contributed by atoms with Crippen LogP contribution in [0.4, 0.5) is 0 Å². The molecule has 0 N–H and O–H groups in total. The molecule has 1 aromatic carbocycles. The number of nitrogens with zero attached hydrogens (tertiary/aromatic N) is 2. The second kappa shape index (κ2) is 6.81. The van der Waals surface area contributed by atoms with E-state index in [1.165, 1.54) is 63.7 Å². The number of benzene rings is 1. The summed E-state index contributed by atoms with van der Waals surface area (Å²) in [6.45, 7) is 3.82. The second-order valence-corrected chi connectivity index (χ2v) is 8.14. The Morgan fingerprint density at radius 2 is 1.76 bits per heavy atom. The molecule has 0 amide bonds. The molecule has 0 bridgehead atoms. The van der Waals surface area contributed by atoms with Crippen molar-refractivity contribution in [2.75, 3.05) is 40.9 Å². The molecular weight excluding hydrogens is 312 g/mol.